The van der Waals surface area contributed by atoms with Gasteiger partial charge in [-0.15, -0.1) is 0 Å². The molecule has 0 bridgehead atoms. The van der Waals surface area contributed by atoms with Crippen molar-refractivity contribution in [1.82, 2.24) is 9.97 Å². The Balaban J connectivity index is 3.14. The number of anilines is 2. The highest BCUT2D eigenvalue weighted by Crippen LogP contribution is 2.30. The Kier molecular flexibility index (Phi) is 5.19. The van der Waals surface area contributed by atoms with Gasteiger partial charge in [0, 0.05) is 25.7 Å². The van der Waals surface area contributed by atoms with Crippen molar-refractivity contribution in [1.29, 1.82) is 0 Å². The molecular formula is C13H24N4. The van der Waals surface area contributed by atoms with E-state index in [0.717, 1.165) is 31.1 Å². The molecule has 4 heteroatoms. The van der Waals surface area contributed by atoms with Gasteiger partial charge >= 0.3 is 0 Å². The van der Waals surface area contributed by atoms with E-state index in [0.29, 0.717) is 5.92 Å². The van der Waals surface area contributed by atoms with Gasteiger partial charge < -0.3 is 10.2 Å². The van der Waals surface area contributed by atoms with E-state index >= 15 is 0 Å². The van der Waals surface area contributed by atoms with E-state index in [-0.39, 0.29) is 0 Å². The van der Waals surface area contributed by atoms with E-state index in [2.05, 4.69) is 54.9 Å². The van der Waals surface area contributed by atoms with Crippen LogP contribution in [0.2, 0.25) is 0 Å². The zero-order valence-electron chi connectivity index (χ0n) is 11.6. The van der Waals surface area contributed by atoms with Crippen LogP contribution in [0.15, 0.2) is 6.33 Å². The van der Waals surface area contributed by atoms with E-state index in [1.54, 1.807) is 6.33 Å². The van der Waals surface area contributed by atoms with Crippen molar-refractivity contribution in [3.63, 3.8) is 0 Å². The zero-order valence-corrected chi connectivity index (χ0v) is 11.6. The maximum atomic E-state index is 4.44. The molecule has 4 nitrogen and oxygen atoms in total. The molecule has 1 aromatic heterocycles. The lowest BCUT2D eigenvalue weighted by molar-refractivity contribution is 0.791. The monoisotopic (exact) mass is 236 g/mol. The second-order valence-electron chi connectivity index (χ2n) is 4.57. The first-order chi connectivity index (χ1) is 8.11. The third kappa shape index (κ3) is 3.32. The number of hydrogen-bond donors (Lipinski definition) is 1. The van der Waals surface area contributed by atoms with E-state index < -0.39 is 0 Å². The van der Waals surface area contributed by atoms with Gasteiger partial charge in [-0.3, -0.25) is 0 Å². The van der Waals surface area contributed by atoms with E-state index in [9.17, 15) is 0 Å². The lowest BCUT2D eigenvalue weighted by Gasteiger charge is -2.23. The van der Waals surface area contributed by atoms with Crippen molar-refractivity contribution < 1.29 is 0 Å². The quantitative estimate of drug-likeness (QED) is 0.824. The standard InChI is InChI=1S/C13H24N4/c1-6-8-17(5)13-11(10(3)4)12(14-7-2)15-9-16-13/h9-10H,6-8H2,1-5H3,(H,14,15,16). The first kappa shape index (κ1) is 13.7. The van der Waals surface area contributed by atoms with Gasteiger partial charge in [-0.2, -0.15) is 0 Å². The second-order valence-corrected chi connectivity index (χ2v) is 4.57. The van der Waals surface area contributed by atoms with Crippen molar-refractivity contribution in [2.45, 2.75) is 40.0 Å². The largest absolute Gasteiger partial charge is 0.370 e. The van der Waals surface area contributed by atoms with Crippen LogP contribution >= 0.6 is 0 Å². The molecule has 0 saturated heterocycles. The topological polar surface area (TPSA) is 41.1 Å². The van der Waals surface area contributed by atoms with Crippen LogP contribution in [0.5, 0.6) is 0 Å². The van der Waals surface area contributed by atoms with Crippen molar-refractivity contribution >= 4 is 11.6 Å². The molecule has 0 aliphatic rings. The van der Waals surface area contributed by atoms with Gasteiger partial charge in [-0.1, -0.05) is 20.8 Å². The molecule has 0 saturated carbocycles. The molecule has 1 aromatic rings. The number of rotatable bonds is 6. The van der Waals surface area contributed by atoms with Crippen LogP contribution < -0.4 is 10.2 Å². The minimum atomic E-state index is 0.416. The maximum absolute atomic E-state index is 4.44. The second kappa shape index (κ2) is 6.42. The highest BCUT2D eigenvalue weighted by molar-refractivity contribution is 5.59. The number of nitrogens with zero attached hydrogens (tertiary/aromatic N) is 3. The summed E-state index contributed by atoms with van der Waals surface area (Å²) >= 11 is 0. The van der Waals surface area contributed by atoms with Gasteiger partial charge in [0.15, 0.2) is 0 Å². The van der Waals surface area contributed by atoms with Crippen LogP contribution in [0.3, 0.4) is 0 Å². The summed E-state index contributed by atoms with van der Waals surface area (Å²) in [7, 11) is 2.09. The Labute approximate surface area is 104 Å². The van der Waals surface area contributed by atoms with Crippen molar-refractivity contribution in [2.75, 3.05) is 30.4 Å². The molecule has 1 heterocycles. The predicted molar refractivity (Wildman–Crippen MR) is 73.8 cm³/mol. The Morgan fingerprint density at radius 3 is 2.53 bits per heavy atom. The van der Waals surface area contributed by atoms with E-state index in [1.807, 2.05) is 0 Å². The Bertz CT molecular complexity index is 349. The zero-order chi connectivity index (χ0) is 12.8. The first-order valence-electron chi connectivity index (χ1n) is 6.41. The maximum Gasteiger partial charge on any atom is 0.137 e. The molecule has 0 aliphatic carbocycles. The van der Waals surface area contributed by atoms with Gasteiger partial charge in [0.25, 0.3) is 0 Å². The fraction of sp³-hybridized carbons (Fsp3) is 0.692. The minimum absolute atomic E-state index is 0.416. The molecule has 0 unspecified atom stereocenters. The normalized spacial score (nSPS) is 10.7. The summed E-state index contributed by atoms with van der Waals surface area (Å²) in [5.74, 6) is 2.43. The molecule has 0 atom stereocenters. The molecule has 1 rings (SSSR count). The lowest BCUT2D eigenvalue weighted by Crippen LogP contribution is -2.22. The summed E-state index contributed by atoms with van der Waals surface area (Å²) in [6, 6.07) is 0. The molecule has 0 spiro atoms. The molecule has 0 radical (unpaired) electrons. The van der Waals surface area contributed by atoms with Crippen molar-refractivity contribution in [2.24, 2.45) is 0 Å². The average molecular weight is 236 g/mol. The summed E-state index contributed by atoms with van der Waals surface area (Å²) in [5, 5.41) is 3.32. The van der Waals surface area contributed by atoms with Crippen LogP contribution in [-0.4, -0.2) is 30.1 Å². The lowest BCUT2D eigenvalue weighted by atomic mass is 10.0. The van der Waals surface area contributed by atoms with Crippen LogP contribution in [-0.2, 0) is 0 Å². The van der Waals surface area contributed by atoms with Crippen LogP contribution in [0.4, 0.5) is 11.6 Å². The summed E-state index contributed by atoms with van der Waals surface area (Å²) in [6.45, 7) is 10.5. The predicted octanol–water partition coefficient (Wildman–Crippen LogP) is 2.88. The fourth-order valence-electron chi connectivity index (χ4n) is 1.97. The highest BCUT2D eigenvalue weighted by atomic mass is 15.2. The SMILES string of the molecule is CCCN(C)c1ncnc(NCC)c1C(C)C. The van der Waals surface area contributed by atoms with Crippen molar-refractivity contribution in [3.8, 4) is 0 Å². The Morgan fingerprint density at radius 2 is 2.00 bits per heavy atom. The van der Waals surface area contributed by atoms with Gasteiger partial charge in [0.2, 0.25) is 0 Å². The third-order valence-electron chi connectivity index (χ3n) is 2.71. The van der Waals surface area contributed by atoms with Crippen molar-refractivity contribution in [3.05, 3.63) is 11.9 Å². The summed E-state index contributed by atoms with van der Waals surface area (Å²) in [6.07, 6.45) is 2.76. The summed E-state index contributed by atoms with van der Waals surface area (Å²) < 4.78 is 0. The Hall–Kier alpha value is -1.32. The molecule has 0 fully saturated rings. The van der Waals surface area contributed by atoms with Gasteiger partial charge in [0.1, 0.15) is 18.0 Å². The molecule has 0 amide bonds. The third-order valence-corrected chi connectivity index (χ3v) is 2.71. The van der Waals surface area contributed by atoms with E-state index in [1.165, 1.54) is 5.56 Å². The van der Waals surface area contributed by atoms with Gasteiger partial charge in [0.05, 0.1) is 0 Å². The van der Waals surface area contributed by atoms with E-state index in [4.69, 9.17) is 0 Å². The van der Waals surface area contributed by atoms with Gasteiger partial charge in [-0.05, 0) is 19.3 Å². The molecule has 17 heavy (non-hydrogen) atoms. The molecule has 0 aliphatic heterocycles. The number of aromatic nitrogens is 2. The first-order valence-corrected chi connectivity index (χ1v) is 6.41. The molecule has 1 N–H and O–H groups in total. The average Bonchev–Trinajstić information content (AvgIpc) is 2.29. The Morgan fingerprint density at radius 1 is 1.29 bits per heavy atom. The fourth-order valence-corrected chi connectivity index (χ4v) is 1.97. The minimum Gasteiger partial charge on any atom is -0.370 e. The molecular weight excluding hydrogens is 212 g/mol. The van der Waals surface area contributed by atoms with Crippen LogP contribution in [0.1, 0.15) is 45.6 Å². The molecule has 0 aromatic carbocycles. The van der Waals surface area contributed by atoms with Crippen LogP contribution in [0, 0.1) is 0 Å². The number of nitrogens with one attached hydrogen (secondary N) is 1. The summed E-state index contributed by atoms with van der Waals surface area (Å²) in [4.78, 5) is 11.0. The smallest absolute Gasteiger partial charge is 0.137 e. The summed E-state index contributed by atoms with van der Waals surface area (Å²) in [5.41, 5.74) is 1.21. The van der Waals surface area contributed by atoms with Gasteiger partial charge in [-0.25, -0.2) is 9.97 Å². The number of hydrogen-bond acceptors (Lipinski definition) is 4. The highest BCUT2D eigenvalue weighted by Gasteiger charge is 2.16. The van der Waals surface area contributed by atoms with Crippen LogP contribution in [0.25, 0.3) is 0 Å². The molecule has 96 valence electrons.